The first-order chi connectivity index (χ1) is 7.74. The highest BCUT2D eigenvalue weighted by molar-refractivity contribution is 9.10. The molecule has 3 heterocycles. The van der Waals surface area contributed by atoms with Crippen molar-refractivity contribution in [1.29, 1.82) is 0 Å². The molecule has 1 aromatic heterocycles. The van der Waals surface area contributed by atoms with E-state index in [0.29, 0.717) is 12.1 Å². The minimum absolute atomic E-state index is 0.0551. The number of halogens is 1. The molecule has 2 atom stereocenters. The molecule has 4 heteroatoms. The third kappa shape index (κ3) is 1.96. The number of aliphatic hydroxyl groups excluding tert-OH is 1. The molecule has 0 spiro atoms. The number of hydrogen-bond donors (Lipinski definition) is 1. The fourth-order valence-electron chi connectivity index (χ4n) is 3.11. The highest BCUT2D eigenvalue weighted by atomic mass is 79.9. The SMILES string of the molecule is OC1CC2CCC(C1)N2Cc1sccc1Br. The van der Waals surface area contributed by atoms with E-state index in [1.54, 1.807) is 0 Å². The Hall–Kier alpha value is 0.100. The van der Waals surface area contributed by atoms with Crippen LogP contribution in [0.15, 0.2) is 15.9 Å². The first-order valence-electron chi connectivity index (χ1n) is 5.89. The van der Waals surface area contributed by atoms with Crippen molar-refractivity contribution in [2.45, 2.75) is 50.4 Å². The summed E-state index contributed by atoms with van der Waals surface area (Å²) < 4.78 is 1.24. The number of fused-ring (bicyclic) bond motifs is 2. The van der Waals surface area contributed by atoms with Crippen LogP contribution in [0.4, 0.5) is 0 Å². The third-order valence-corrected chi connectivity index (χ3v) is 5.79. The maximum Gasteiger partial charge on any atom is 0.0570 e. The Labute approximate surface area is 108 Å². The second kappa shape index (κ2) is 4.41. The normalized spacial score (nSPS) is 34.5. The van der Waals surface area contributed by atoms with E-state index < -0.39 is 0 Å². The van der Waals surface area contributed by atoms with Crippen molar-refractivity contribution in [3.8, 4) is 0 Å². The van der Waals surface area contributed by atoms with Crippen LogP contribution in [0.25, 0.3) is 0 Å². The van der Waals surface area contributed by atoms with Crippen molar-refractivity contribution in [3.63, 3.8) is 0 Å². The molecule has 0 aromatic carbocycles. The fourth-order valence-corrected chi connectivity index (χ4v) is 4.59. The van der Waals surface area contributed by atoms with Crippen molar-refractivity contribution >= 4 is 27.3 Å². The van der Waals surface area contributed by atoms with Crippen LogP contribution >= 0.6 is 27.3 Å². The van der Waals surface area contributed by atoms with Crippen LogP contribution in [0.1, 0.15) is 30.6 Å². The highest BCUT2D eigenvalue weighted by Gasteiger charge is 2.40. The lowest BCUT2D eigenvalue weighted by Crippen LogP contribution is -2.43. The number of hydrogen-bond acceptors (Lipinski definition) is 3. The van der Waals surface area contributed by atoms with Crippen LogP contribution in [-0.2, 0) is 6.54 Å². The van der Waals surface area contributed by atoms with Crippen LogP contribution < -0.4 is 0 Å². The maximum atomic E-state index is 9.76. The smallest absolute Gasteiger partial charge is 0.0570 e. The van der Waals surface area contributed by atoms with E-state index in [1.165, 1.54) is 22.2 Å². The Morgan fingerprint density at radius 1 is 1.38 bits per heavy atom. The number of thiophene rings is 1. The molecule has 0 aliphatic carbocycles. The highest BCUT2D eigenvalue weighted by Crippen LogP contribution is 2.38. The molecule has 2 aliphatic heterocycles. The van der Waals surface area contributed by atoms with Gasteiger partial charge in [0.25, 0.3) is 0 Å². The molecule has 1 N–H and O–H groups in total. The van der Waals surface area contributed by atoms with Gasteiger partial charge in [0.05, 0.1) is 6.10 Å². The Morgan fingerprint density at radius 2 is 2.06 bits per heavy atom. The summed E-state index contributed by atoms with van der Waals surface area (Å²) in [5, 5.41) is 11.9. The maximum absolute atomic E-state index is 9.76. The van der Waals surface area contributed by atoms with Crippen molar-refractivity contribution in [2.24, 2.45) is 0 Å². The Kier molecular flexibility index (Phi) is 3.09. The molecular formula is C12H16BrNOS. The summed E-state index contributed by atoms with van der Waals surface area (Å²) in [7, 11) is 0. The fraction of sp³-hybridized carbons (Fsp3) is 0.667. The molecule has 1 aromatic rings. The number of nitrogens with zero attached hydrogens (tertiary/aromatic N) is 1. The monoisotopic (exact) mass is 301 g/mol. The topological polar surface area (TPSA) is 23.5 Å². The first-order valence-corrected chi connectivity index (χ1v) is 7.57. The average molecular weight is 302 g/mol. The molecule has 2 saturated heterocycles. The summed E-state index contributed by atoms with van der Waals surface area (Å²) in [5.41, 5.74) is 0. The van der Waals surface area contributed by atoms with E-state index in [9.17, 15) is 5.11 Å². The van der Waals surface area contributed by atoms with Crippen LogP contribution in [0.5, 0.6) is 0 Å². The minimum Gasteiger partial charge on any atom is -0.393 e. The Balaban J connectivity index is 1.75. The molecule has 3 rings (SSSR count). The van der Waals surface area contributed by atoms with Crippen LogP contribution in [0, 0.1) is 0 Å². The molecule has 0 amide bonds. The summed E-state index contributed by atoms with van der Waals surface area (Å²) in [6, 6.07) is 3.35. The van der Waals surface area contributed by atoms with Crippen molar-refractivity contribution in [1.82, 2.24) is 4.90 Å². The van der Waals surface area contributed by atoms with Gasteiger partial charge < -0.3 is 5.11 Å². The summed E-state index contributed by atoms with van der Waals surface area (Å²) in [4.78, 5) is 4.02. The zero-order chi connectivity index (χ0) is 11.1. The Bertz CT molecular complexity index is 367. The quantitative estimate of drug-likeness (QED) is 0.908. The zero-order valence-electron chi connectivity index (χ0n) is 9.10. The van der Waals surface area contributed by atoms with Gasteiger partial charge in [0, 0.05) is 28.0 Å². The lowest BCUT2D eigenvalue weighted by Gasteiger charge is -2.36. The van der Waals surface area contributed by atoms with Crippen LogP contribution in [0.3, 0.4) is 0 Å². The second-order valence-electron chi connectivity index (χ2n) is 4.87. The Morgan fingerprint density at radius 3 is 2.62 bits per heavy atom. The predicted molar refractivity (Wildman–Crippen MR) is 69.6 cm³/mol. The summed E-state index contributed by atoms with van der Waals surface area (Å²) in [6.45, 7) is 1.06. The van der Waals surface area contributed by atoms with Gasteiger partial charge in [-0.3, -0.25) is 4.90 Å². The van der Waals surface area contributed by atoms with Gasteiger partial charge in [-0.25, -0.2) is 0 Å². The lowest BCUT2D eigenvalue weighted by molar-refractivity contribution is 0.0315. The predicted octanol–water partition coefficient (Wildman–Crippen LogP) is 3.00. The van der Waals surface area contributed by atoms with Crippen LogP contribution in [-0.4, -0.2) is 28.2 Å². The van der Waals surface area contributed by atoms with E-state index in [1.807, 2.05) is 11.3 Å². The van der Waals surface area contributed by atoms with Gasteiger partial charge >= 0.3 is 0 Å². The van der Waals surface area contributed by atoms with Gasteiger partial charge in [-0.05, 0) is 53.1 Å². The van der Waals surface area contributed by atoms with E-state index >= 15 is 0 Å². The summed E-state index contributed by atoms with van der Waals surface area (Å²) in [5.74, 6) is 0. The van der Waals surface area contributed by atoms with Crippen molar-refractivity contribution in [2.75, 3.05) is 0 Å². The number of rotatable bonds is 2. The third-order valence-electron chi connectivity index (χ3n) is 3.88. The molecule has 0 radical (unpaired) electrons. The van der Waals surface area contributed by atoms with Gasteiger partial charge in [-0.2, -0.15) is 0 Å². The van der Waals surface area contributed by atoms with Gasteiger partial charge in [0.2, 0.25) is 0 Å². The van der Waals surface area contributed by atoms with E-state index in [2.05, 4.69) is 32.3 Å². The van der Waals surface area contributed by atoms with E-state index in [0.717, 1.165) is 19.4 Å². The largest absolute Gasteiger partial charge is 0.393 e. The van der Waals surface area contributed by atoms with Crippen molar-refractivity contribution < 1.29 is 5.11 Å². The van der Waals surface area contributed by atoms with E-state index in [4.69, 9.17) is 0 Å². The molecule has 2 aliphatic rings. The molecule has 2 unspecified atom stereocenters. The van der Waals surface area contributed by atoms with Gasteiger partial charge in [0.15, 0.2) is 0 Å². The van der Waals surface area contributed by atoms with Gasteiger partial charge in [0.1, 0.15) is 0 Å². The standard InChI is InChI=1S/C12H16BrNOS/c13-11-3-4-16-12(11)7-14-8-1-2-9(14)6-10(15)5-8/h3-4,8-10,15H,1-2,5-7H2. The van der Waals surface area contributed by atoms with Gasteiger partial charge in [-0.1, -0.05) is 0 Å². The molecular weight excluding hydrogens is 286 g/mol. The lowest BCUT2D eigenvalue weighted by atomic mass is 10.00. The summed E-state index contributed by atoms with van der Waals surface area (Å²) >= 11 is 5.42. The van der Waals surface area contributed by atoms with Gasteiger partial charge in [-0.15, -0.1) is 11.3 Å². The molecule has 2 fully saturated rings. The molecule has 88 valence electrons. The molecule has 16 heavy (non-hydrogen) atoms. The van der Waals surface area contributed by atoms with Crippen LogP contribution in [0.2, 0.25) is 0 Å². The second-order valence-corrected chi connectivity index (χ2v) is 6.73. The zero-order valence-corrected chi connectivity index (χ0v) is 11.5. The number of piperidine rings is 1. The number of aliphatic hydroxyl groups is 1. The minimum atomic E-state index is -0.0551. The molecule has 2 nitrogen and oxygen atoms in total. The first kappa shape index (κ1) is 11.2. The van der Waals surface area contributed by atoms with Crippen molar-refractivity contribution in [3.05, 3.63) is 20.8 Å². The van der Waals surface area contributed by atoms with E-state index in [-0.39, 0.29) is 6.10 Å². The average Bonchev–Trinajstić information content (AvgIpc) is 2.73. The molecule has 2 bridgehead atoms. The summed E-state index contributed by atoms with van der Waals surface area (Å²) in [6.07, 6.45) is 4.43. The molecule has 0 saturated carbocycles.